The van der Waals surface area contributed by atoms with Crippen LogP contribution in [0.25, 0.3) is 0 Å². The van der Waals surface area contributed by atoms with Gasteiger partial charge in [-0.2, -0.15) is 0 Å². The maximum Gasteiger partial charge on any atom is 0.0480 e. The molecule has 0 bridgehead atoms. The quantitative estimate of drug-likeness (QED) is 0.526. The highest BCUT2D eigenvalue weighted by Crippen LogP contribution is 1.99. The molecule has 1 heterocycles. The largest absolute Gasteiger partial charge is 0.300 e. The number of likely N-dealkylation sites (N-methyl/N-ethyl adjacent to an activating group) is 1. The molecule has 0 radical (unpaired) electrons. The Balaban J connectivity index is 2.22. The summed E-state index contributed by atoms with van der Waals surface area (Å²) in [6, 6.07) is 0.750. The predicted octanol–water partition coefficient (Wildman–Crippen LogP) is 0.258. The van der Waals surface area contributed by atoms with Gasteiger partial charge in [-0.15, -0.1) is 0 Å². The Morgan fingerprint density at radius 1 is 1.75 bits per heavy atom. The van der Waals surface area contributed by atoms with Gasteiger partial charge in [0.1, 0.15) is 0 Å². The van der Waals surface area contributed by atoms with Crippen LogP contribution in [0, 0.1) is 0 Å². The third-order valence-electron chi connectivity index (χ3n) is 1.67. The zero-order valence-electron chi connectivity index (χ0n) is 5.65. The van der Waals surface area contributed by atoms with Crippen LogP contribution in [-0.4, -0.2) is 31.2 Å². The molecule has 1 aliphatic heterocycles. The van der Waals surface area contributed by atoms with E-state index in [1.165, 1.54) is 13.0 Å². The van der Waals surface area contributed by atoms with E-state index in [0.29, 0.717) is 0 Å². The van der Waals surface area contributed by atoms with E-state index in [9.17, 15) is 0 Å². The Labute approximate surface area is 50.9 Å². The molecular weight excluding hydrogens is 100 g/mol. The average molecular weight is 114 g/mol. The summed E-state index contributed by atoms with van der Waals surface area (Å²) in [6.07, 6.45) is 1.25. The minimum Gasteiger partial charge on any atom is -0.300 e. The van der Waals surface area contributed by atoms with Gasteiger partial charge < -0.3 is 5.32 Å². The molecular formula is C6H14N2. The van der Waals surface area contributed by atoms with Crippen molar-refractivity contribution in [2.24, 2.45) is 0 Å². The maximum absolute atomic E-state index is 3.38. The lowest BCUT2D eigenvalue weighted by Gasteiger charge is -2.04. The lowest BCUT2D eigenvalue weighted by atomic mass is 10.2. The molecule has 1 fully saturated rings. The number of nitrogens with one attached hydrogen (secondary N) is 1. The molecule has 1 aliphatic rings. The average Bonchev–Trinajstić information content (AvgIpc) is 2.14. The molecule has 0 aromatic heterocycles. The molecule has 1 saturated heterocycles. The van der Waals surface area contributed by atoms with Gasteiger partial charge in [0, 0.05) is 19.3 Å². The van der Waals surface area contributed by atoms with E-state index in [1.54, 1.807) is 0 Å². The van der Waals surface area contributed by atoms with Crippen molar-refractivity contribution in [3.05, 3.63) is 0 Å². The van der Waals surface area contributed by atoms with Crippen LogP contribution in [0.5, 0.6) is 0 Å². The van der Waals surface area contributed by atoms with Crippen molar-refractivity contribution in [1.82, 2.24) is 10.2 Å². The second-order valence-corrected chi connectivity index (χ2v) is 2.51. The van der Waals surface area contributed by atoms with E-state index in [2.05, 4.69) is 24.2 Å². The van der Waals surface area contributed by atoms with Crippen molar-refractivity contribution in [2.75, 3.05) is 20.3 Å². The van der Waals surface area contributed by atoms with Crippen molar-refractivity contribution in [3.63, 3.8) is 0 Å². The van der Waals surface area contributed by atoms with Crippen LogP contribution in [0.15, 0.2) is 0 Å². The summed E-state index contributed by atoms with van der Waals surface area (Å²) in [4.78, 5) is 2.30. The SMILES string of the molecule is CCC1CN(C)CN1. The number of hydrogen-bond acceptors (Lipinski definition) is 2. The Hall–Kier alpha value is -0.0800. The molecule has 0 aromatic carbocycles. The Bertz CT molecular complexity index is 72.9. The highest BCUT2D eigenvalue weighted by molar-refractivity contribution is 4.74. The summed E-state index contributed by atoms with van der Waals surface area (Å²) in [5.41, 5.74) is 0. The van der Waals surface area contributed by atoms with E-state index in [-0.39, 0.29) is 0 Å². The molecule has 2 nitrogen and oxygen atoms in total. The molecule has 1 rings (SSSR count). The first-order valence-corrected chi connectivity index (χ1v) is 3.25. The number of rotatable bonds is 1. The van der Waals surface area contributed by atoms with Crippen LogP contribution in [0.4, 0.5) is 0 Å². The van der Waals surface area contributed by atoms with Crippen molar-refractivity contribution >= 4 is 0 Å². The maximum atomic E-state index is 3.38. The molecule has 1 N–H and O–H groups in total. The lowest BCUT2D eigenvalue weighted by Crippen LogP contribution is -2.21. The molecule has 1 atom stereocenters. The van der Waals surface area contributed by atoms with Gasteiger partial charge in [0.15, 0.2) is 0 Å². The van der Waals surface area contributed by atoms with Gasteiger partial charge in [0.05, 0.1) is 0 Å². The molecule has 2 heteroatoms. The van der Waals surface area contributed by atoms with E-state index >= 15 is 0 Å². The van der Waals surface area contributed by atoms with Gasteiger partial charge in [0.2, 0.25) is 0 Å². The summed E-state index contributed by atoms with van der Waals surface area (Å²) in [7, 11) is 2.14. The normalized spacial score (nSPS) is 31.5. The molecule has 0 aliphatic carbocycles. The van der Waals surface area contributed by atoms with Crippen LogP contribution in [0.3, 0.4) is 0 Å². The van der Waals surface area contributed by atoms with Gasteiger partial charge in [-0.1, -0.05) is 6.92 Å². The van der Waals surface area contributed by atoms with Crippen molar-refractivity contribution < 1.29 is 0 Å². The summed E-state index contributed by atoms with van der Waals surface area (Å²) >= 11 is 0. The standard InChI is InChI=1S/C6H14N2/c1-3-6-4-8(2)5-7-6/h6-7H,3-5H2,1-2H3. The van der Waals surface area contributed by atoms with Gasteiger partial charge in [-0.25, -0.2) is 0 Å². The van der Waals surface area contributed by atoms with E-state index in [0.717, 1.165) is 12.7 Å². The van der Waals surface area contributed by atoms with Gasteiger partial charge in [-0.3, -0.25) is 4.90 Å². The monoisotopic (exact) mass is 114 g/mol. The Morgan fingerprint density at radius 2 is 2.50 bits per heavy atom. The topological polar surface area (TPSA) is 15.3 Å². The van der Waals surface area contributed by atoms with E-state index in [4.69, 9.17) is 0 Å². The molecule has 0 saturated carbocycles. The minimum atomic E-state index is 0.750. The first-order chi connectivity index (χ1) is 3.83. The summed E-state index contributed by atoms with van der Waals surface area (Å²) < 4.78 is 0. The number of hydrogen-bond donors (Lipinski definition) is 1. The van der Waals surface area contributed by atoms with E-state index < -0.39 is 0 Å². The van der Waals surface area contributed by atoms with Gasteiger partial charge in [-0.05, 0) is 13.5 Å². The van der Waals surface area contributed by atoms with Crippen molar-refractivity contribution in [1.29, 1.82) is 0 Å². The highest BCUT2D eigenvalue weighted by Gasteiger charge is 2.15. The second kappa shape index (κ2) is 2.46. The van der Waals surface area contributed by atoms with Crippen LogP contribution >= 0.6 is 0 Å². The zero-order chi connectivity index (χ0) is 5.98. The third kappa shape index (κ3) is 1.20. The fourth-order valence-corrected chi connectivity index (χ4v) is 1.06. The fraction of sp³-hybridized carbons (Fsp3) is 1.00. The summed E-state index contributed by atoms with van der Waals surface area (Å²) in [6.45, 7) is 4.51. The summed E-state index contributed by atoms with van der Waals surface area (Å²) in [5.74, 6) is 0. The third-order valence-corrected chi connectivity index (χ3v) is 1.67. The number of nitrogens with zero attached hydrogens (tertiary/aromatic N) is 1. The molecule has 0 spiro atoms. The summed E-state index contributed by atoms with van der Waals surface area (Å²) in [5, 5.41) is 3.38. The van der Waals surface area contributed by atoms with Crippen LogP contribution in [-0.2, 0) is 0 Å². The van der Waals surface area contributed by atoms with Crippen LogP contribution in [0.1, 0.15) is 13.3 Å². The second-order valence-electron chi connectivity index (χ2n) is 2.51. The molecule has 48 valence electrons. The predicted molar refractivity (Wildman–Crippen MR) is 34.7 cm³/mol. The molecule has 1 unspecified atom stereocenters. The lowest BCUT2D eigenvalue weighted by molar-refractivity contribution is 0.405. The highest BCUT2D eigenvalue weighted by atomic mass is 15.3. The minimum absolute atomic E-state index is 0.750. The zero-order valence-corrected chi connectivity index (χ0v) is 5.65. The smallest absolute Gasteiger partial charge is 0.0480 e. The Kier molecular flexibility index (Phi) is 1.86. The van der Waals surface area contributed by atoms with Crippen LogP contribution < -0.4 is 5.32 Å². The molecule has 0 amide bonds. The first kappa shape index (κ1) is 6.05. The van der Waals surface area contributed by atoms with Crippen LogP contribution in [0.2, 0.25) is 0 Å². The van der Waals surface area contributed by atoms with Gasteiger partial charge >= 0.3 is 0 Å². The van der Waals surface area contributed by atoms with Crippen molar-refractivity contribution in [2.45, 2.75) is 19.4 Å². The first-order valence-electron chi connectivity index (χ1n) is 3.25. The van der Waals surface area contributed by atoms with Crippen molar-refractivity contribution in [3.8, 4) is 0 Å². The fourth-order valence-electron chi connectivity index (χ4n) is 1.06. The van der Waals surface area contributed by atoms with E-state index in [1.807, 2.05) is 0 Å². The Morgan fingerprint density at radius 3 is 2.75 bits per heavy atom. The van der Waals surface area contributed by atoms with Gasteiger partial charge in [0.25, 0.3) is 0 Å². The molecule has 8 heavy (non-hydrogen) atoms. The molecule has 0 aromatic rings.